The van der Waals surface area contributed by atoms with Crippen molar-refractivity contribution in [2.24, 2.45) is 5.10 Å². The number of anilines is 1. The van der Waals surface area contributed by atoms with Crippen LogP contribution >= 0.6 is 43.5 Å². The Morgan fingerprint density at radius 2 is 1.95 bits per heavy atom. The van der Waals surface area contributed by atoms with Crippen molar-refractivity contribution in [2.45, 2.75) is 38.0 Å². The number of benzene rings is 3. The quantitative estimate of drug-likeness (QED) is 0.202. The van der Waals surface area contributed by atoms with Crippen LogP contribution in [-0.2, 0) is 4.79 Å². The van der Waals surface area contributed by atoms with Crippen LogP contribution < -0.4 is 15.6 Å². The number of nitrogens with one attached hydrogen (secondary N) is 1. The Kier molecular flexibility index (Phi) is 8.97. The highest BCUT2D eigenvalue weighted by Gasteiger charge is 2.22. The van der Waals surface area contributed by atoms with Gasteiger partial charge in [0, 0.05) is 16.1 Å². The highest BCUT2D eigenvalue weighted by molar-refractivity contribution is 9.10. The molecule has 5 rings (SSSR count). The highest BCUT2D eigenvalue weighted by Crippen LogP contribution is 2.35. The number of carbonyl (C=O) groups excluding carboxylic acids is 1. The first-order valence-electron chi connectivity index (χ1n) is 12.7. The molecule has 0 bridgehead atoms. The van der Waals surface area contributed by atoms with Crippen molar-refractivity contribution in [2.75, 3.05) is 11.9 Å². The van der Waals surface area contributed by atoms with Crippen LogP contribution in [0, 0.1) is 5.82 Å². The van der Waals surface area contributed by atoms with E-state index in [1.807, 2.05) is 12.1 Å². The van der Waals surface area contributed by atoms with Gasteiger partial charge in [-0.3, -0.25) is 9.59 Å². The number of halogens is 4. The second-order valence-corrected chi connectivity index (χ2v) is 11.7. The molecule has 1 N–H and O–H groups in total. The van der Waals surface area contributed by atoms with Gasteiger partial charge in [-0.1, -0.05) is 52.9 Å². The van der Waals surface area contributed by atoms with Crippen molar-refractivity contribution < 1.29 is 13.9 Å². The molecule has 7 nitrogen and oxygen atoms in total. The van der Waals surface area contributed by atoms with E-state index in [2.05, 4.69) is 42.3 Å². The minimum absolute atomic E-state index is 0.149. The second kappa shape index (κ2) is 12.6. The maximum Gasteiger partial charge on any atom is 0.282 e. The fraction of sp³-hybridized carbons (Fsp3) is 0.241. The van der Waals surface area contributed by atoms with Gasteiger partial charge in [0.2, 0.25) is 0 Å². The molecule has 1 aromatic heterocycles. The van der Waals surface area contributed by atoms with Gasteiger partial charge in [-0.05, 0) is 82.9 Å². The van der Waals surface area contributed by atoms with E-state index in [-0.39, 0.29) is 28.9 Å². The van der Waals surface area contributed by atoms with Crippen molar-refractivity contribution in [3.05, 3.63) is 96.1 Å². The number of carbonyl (C=O) groups is 1. The number of hydrogen-bond acceptors (Lipinski definition) is 5. The molecule has 11 heteroatoms. The van der Waals surface area contributed by atoms with Gasteiger partial charge < -0.3 is 10.1 Å². The van der Waals surface area contributed by atoms with E-state index in [1.54, 1.807) is 30.5 Å². The van der Waals surface area contributed by atoms with E-state index >= 15 is 0 Å². The summed E-state index contributed by atoms with van der Waals surface area (Å²) in [5.41, 5.74) is 1.35. The Balaban J connectivity index is 1.39. The third-order valence-corrected chi connectivity index (χ3v) is 7.97. The topological polar surface area (TPSA) is 85.6 Å². The fourth-order valence-electron chi connectivity index (χ4n) is 4.72. The summed E-state index contributed by atoms with van der Waals surface area (Å²) in [4.78, 5) is 30.7. The monoisotopic (exact) mass is 688 g/mol. The Morgan fingerprint density at radius 1 is 1.15 bits per heavy atom. The van der Waals surface area contributed by atoms with Crippen molar-refractivity contribution >= 4 is 72.2 Å². The molecule has 1 saturated carbocycles. The summed E-state index contributed by atoms with van der Waals surface area (Å²) in [6, 6.07) is 14.4. The SMILES string of the molecule is O=C(COc1c(Cl)cc(C=Nn2c(C3CCCCC3)nc3ccc(Br)cc3c2=O)cc1Br)Nc1cccc(F)c1. The smallest absolute Gasteiger partial charge is 0.282 e. The summed E-state index contributed by atoms with van der Waals surface area (Å²) < 4.78 is 21.7. The summed E-state index contributed by atoms with van der Waals surface area (Å²) in [7, 11) is 0. The predicted molar refractivity (Wildman–Crippen MR) is 162 cm³/mol. The van der Waals surface area contributed by atoms with Crippen LogP contribution in [0.15, 0.2) is 73.4 Å². The summed E-state index contributed by atoms with van der Waals surface area (Å²) in [6.45, 7) is -0.333. The number of fused-ring (bicyclic) bond motifs is 1. The lowest BCUT2D eigenvalue weighted by Crippen LogP contribution is -2.25. The van der Waals surface area contributed by atoms with Crippen LogP contribution in [0.3, 0.4) is 0 Å². The fourth-order valence-corrected chi connectivity index (χ4v) is 6.07. The van der Waals surface area contributed by atoms with E-state index in [0.29, 0.717) is 32.5 Å². The molecule has 0 spiro atoms. The standard InChI is InChI=1S/C29H24Br2ClFN4O3/c30-19-9-10-25-22(13-19)29(39)37(28(36-25)18-5-2-1-3-6-18)34-15-17-11-23(31)27(24(32)12-17)40-16-26(38)35-21-8-4-7-20(33)14-21/h4,7-15,18H,1-3,5-6,16H2,(H,35,38). The molecule has 1 amide bonds. The molecule has 1 aliphatic carbocycles. The molecule has 0 atom stereocenters. The summed E-state index contributed by atoms with van der Waals surface area (Å²) in [5.74, 6) is 0.151. The van der Waals surface area contributed by atoms with Crippen molar-refractivity contribution in [3.8, 4) is 5.75 Å². The predicted octanol–water partition coefficient (Wildman–Crippen LogP) is 7.66. The molecule has 1 fully saturated rings. The van der Waals surface area contributed by atoms with Crippen LogP contribution in [0.2, 0.25) is 5.02 Å². The Hall–Kier alpha value is -3.08. The second-order valence-electron chi connectivity index (χ2n) is 9.49. The van der Waals surface area contributed by atoms with Gasteiger partial charge in [0.25, 0.3) is 11.5 Å². The third kappa shape index (κ3) is 6.62. The van der Waals surface area contributed by atoms with Crippen LogP contribution in [0.1, 0.15) is 49.4 Å². The van der Waals surface area contributed by atoms with Gasteiger partial charge in [-0.25, -0.2) is 9.37 Å². The number of amides is 1. The molecular formula is C29H24Br2ClFN4O3. The molecule has 206 valence electrons. The number of hydrogen-bond donors (Lipinski definition) is 1. The van der Waals surface area contributed by atoms with Gasteiger partial charge in [-0.15, -0.1) is 0 Å². The third-order valence-electron chi connectivity index (χ3n) is 6.60. The van der Waals surface area contributed by atoms with Crippen LogP contribution in [0.4, 0.5) is 10.1 Å². The molecule has 0 unspecified atom stereocenters. The van der Waals surface area contributed by atoms with E-state index in [4.69, 9.17) is 21.3 Å². The number of nitrogens with zero attached hydrogens (tertiary/aromatic N) is 3. The summed E-state index contributed by atoms with van der Waals surface area (Å²) in [6.07, 6.45) is 6.83. The average Bonchev–Trinajstić information content (AvgIpc) is 2.93. The molecule has 40 heavy (non-hydrogen) atoms. The lowest BCUT2D eigenvalue weighted by Gasteiger charge is -2.22. The van der Waals surface area contributed by atoms with Crippen molar-refractivity contribution in [1.82, 2.24) is 9.66 Å². The zero-order valence-electron chi connectivity index (χ0n) is 21.2. The van der Waals surface area contributed by atoms with Gasteiger partial charge in [0.1, 0.15) is 11.6 Å². The first-order valence-corrected chi connectivity index (χ1v) is 14.7. The lowest BCUT2D eigenvalue weighted by molar-refractivity contribution is -0.118. The van der Waals surface area contributed by atoms with Gasteiger partial charge in [0.15, 0.2) is 12.4 Å². The summed E-state index contributed by atoms with van der Waals surface area (Å²) >= 11 is 13.4. The van der Waals surface area contributed by atoms with Gasteiger partial charge in [-0.2, -0.15) is 9.78 Å². The Morgan fingerprint density at radius 3 is 2.70 bits per heavy atom. The summed E-state index contributed by atoms with van der Waals surface area (Å²) in [5, 5.41) is 7.85. The normalized spacial score (nSPS) is 14.1. The number of rotatable bonds is 7. The maximum atomic E-state index is 13.5. The van der Waals surface area contributed by atoms with E-state index in [1.165, 1.54) is 29.3 Å². The van der Waals surface area contributed by atoms with Crippen LogP contribution in [0.5, 0.6) is 5.75 Å². The average molecular weight is 691 g/mol. The zero-order valence-corrected chi connectivity index (χ0v) is 25.1. The molecule has 3 aromatic carbocycles. The zero-order chi connectivity index (χ0) is 28.2. The largest absolute Gasteiger partial charge is 0.481 e. The minimum atomic E-state index is -0.468. The molecule has 0 saturated heterocycles. The van der Waals surface area contributed by atoms with Crippen molar-refractivity contribution in [1.29, 1.82) is 0 Å². The molecule has 1 heterocycles. The lowest BCUT2D eigenvalue weighted by atomic mass is 9.88. The highest BCUT2D eigenvalue weighted by atomic mass is 79.9. The first kappa shape index (κ1) is 28.4. The Bertz CT molecular complexity index is 1650. The maximum absolute atomic E-state index is 13.5. The number of aromatic nitrogens is 2. The van der Waals surface area contributed by atoms with Crippen LogP contribution in [0.25, 0.3) is 10.9 Å². The first-order chi connectivity index (χ1) is 19.3. The van der Waals surface area contributed by atoms with Gasteiger partial charge in [0.05, 0.1) is 26.6 Å². The van der Waals surface area contributed by atoms with E-state index in [9.17, 15) is 14.0 Å². The molecule has 0 radical (unpaired) electrons. The molecule has 4 aromatic rings. The molecule has 0 aliphatic heterocycles. The molecular weight excluding hydrogens is 667 g/mol. The minimum Gasteiger partial charge on any atom is -0.481 e. The van der Waals surface area contributed by atoms with Gasteiger partial charge >= 0.3 is 0 Å². The number of ether oxygens (including phenoxy) is 1. The Labute approximate surface area is 251 Å². The van der Waals surface area contributed by atoms with E-state index in [0.717, 1.165) is 30.2 Å². The van der Waals surface area contributed by atoms with E-state index < -0.39 is 11.7 Å². The van der Waals surface area contributed by atoms with Crippen LogP contribution in [-0.4, -0.2) is 28.4 Å². The van der Waals surface area contributed by atoms with Crippen molar-refractivity contribution in [3.63, 3.8) is 0 Å². The molecule has 1 aliphatic rings.